The normalized spacial score (nSPS) is 14.8. The van der Waals surface area contributed by atoms with Crippen molar-refractivity contribution in [2.45, 2.75) is 225 Å². The van der Waals surface area contributed by atoms with Crippen LogP contribution >= 0.6 is 7.82 Å². The molecule has 0 aromatic carbocycles. The van der Waals surface area contributed by atoms with E-state index in [1.807, 2.05) is 27.2 Å². The molecule has 0 radical (unpaired) electrons. The Labute approximate surface area is 401 Å². The molecule has 0 aromatic rings. The van der Waals surface area contributed by atoms with E-state index in [1.54, 1.807) is 6.08 Å². The second-order valence-electron chi connectivity index (χ2n) is 18.8. The van der Waals surface area contributed by atoms with Crippen LogP contribution in [0.1, 0.15) is 213 Å². The van der Waals surface area contributed by atoms with E-state index in [-0.39, 0.29) is 12.5 Å². The molecule has 3 unspecified atom stereocenters. The van der Waals surface area contributed by atoms with Crippen LogP contribution in [0, 0.1) is 0 Å². The van der Waals surface area contributed by atoms with Gasteiger partial charge < -0.3 is 28.8 Å². The summed E-state index contributed by atoms with van der Waals surface area (Å²) in [7, 11) is 1.23. The smallest absolute Gasteiger partial charge is 0.268 e. The molecule has 0 rings (SSSR count). The first-order valence-corrected chi connectivity index (χ1v) is 27.9. The number of carbonyl (C=O) groups is 1. The number of amides is 1. The van der Waals surface area contributed by atoms with Gasteiger partial charge in [-0.05, 0) is 77.0 Å². The third-order valence-corrected chi connectivity index (χ3v) is 12.3. The summed E-state index contributed by atoms with van der Waals surface area (Å²) in [5, 5.41) is 13.8. The first-order chi connectivity index (χ1) is 31.5. The highest BCUT2D eigenvalue weighted by atomic mass is 31.2. The van der Waals surface area contributed by atoms with Crippen LogP contribution in [0.25, 0.3) is 0 Å². The number of likely N-dealkylation sites (N-methyl/N-ethyl adjacent to an activating group) is 1. The van der Waals surface area contributed by atoms with Crippen LogP contribution in [0.4, 0.5) is 0 Å². The molecule has 0 saturated heterocycles. The minimum absolute atomic E-state index is 0.0115. The van der Waals surface area contributed by atoms with Gasteiger partial charge in [0.15, 0.2) is 0 Å². The maximum absolute atomic E-state index is 12.9. The summed E-state index contributed by atoms with van der Waals surface area (Å²) in [6.45, 7) is 4.51. The van der Waals surface area contributed by atoms with Crippen molar-refractivity contribution in [3.63, 3.8) is 0 Å². The van der Waals surface area contributed by atoms with Crippen LogP contribution in [0.15, 0.2) is 85.1 Å². The fourth-order valence-electron chi connectivity index (χ4n) is 7.19. The summed E-state index contributed by atoms with van der Waals surface area (Å²) in [5.41, 5.74) is 0. The van der Waals surface area contributed by atoms with E-state index < -0.39 is 26.6 Å². The molecule has 9 heteroatoms. The van der Waals surface area contributed by atoms with Crippen LogP contribution in [0.2, 0.25) is 0 Å². The molecule has 8 nitrogen and oxygen atoms in total. The summed E-state index contributed by atoms with van der Waals surface area (Å²) >= 11 is 0. The molecule has 0 bridgehead atoms. The minimum atomic E-state index is -4.61. The van der Waals surface area contributed by atoms with Crippen molar-refractivity contribution in [1.82, 2.24) is 5.32 Å². The lowest BCUT2D eigenvalue weighted by Gasteiger charge is -2.29. The molecule has 0 heterocycles. The summed E-state index contributed by atoms with van der Waals surface area (Å²) in [4.78, 5) is 25.4. The molecule has 0 aliphatic carbocycles. The molecular weight excluding hydrogens is 828 g/mol. The van der Waals surface area contributed by atoms with E-state index in [0.29, 0.717) is 17.4 Å². The zero-order chi connectivity index (χ0) is 47.8. The van der Waals surface area contributed by atoms with E-state index in [2.05, 4.69) is 92.1 Å². The molecule has 0 aliphatic rings. The number of hydrogen-bond donors (Lipinski definition) is 2. The van der Waals surface area contributed by atoms with Gasteiger partial charge in [-0.25, -0.2) is 0 Å². The highest BCUT2D eigenvalue weighted by Gasteiger charge is 2.23. The number of nitrogens with one attached hydrogen (secondary N) is 1. The highest BCUT2D eigenvalue weighted by molar-refractivity contribution is 7.45. The number of carbonyl (C=O) groups excluding carboxylic acids is 1. The van der Waals surface area contributed by atoms with E-state index in [4.69, 9.17) is 9.05 Å². The second-order valence-corrected chi connectivity index (χ2v) is 20.2. The summed E-state index contributed by atoms with van der Waals surface area (Å²) < 4.78 is 23.3. The Morgan fingerprint density at radius 3 is 1.43 bits per heavy atom. The van der Waals surface area contributed by atoms with Crippen molar-refractivity contribution in [3.05, 3.63) is 85.1 Å². The van der Waals surface area contributed by atoms with Crippen molar-refractivity contribution in [1.29, 1.82) is 0 Å². The maximum Gasteiger partial charge on any atom is 0.268 e. The Balaban J connectivity index is 4.34. The van der Waals surface area contributed by atoms with Gasteiger partial charge in [0.25, 0.3) is 7.82 Å². The Morgan fingerprint density at radius 2 is 0.954 bits per heavy atom. The Kier molecular flexibility index (Phi) is 45.1. The third kappa shape index (κ3) is 49.4. The molecular formula is C56H101N2O6P. The minimum Gasteiger partial charge on any atom is -0.756 e. The van der Waals surface area contributed by atoms with Gasteiger partial charge in [0.05, 0.1) is 39.9 Å². The largest absolute Gasteiger partial charge is 0.756 e. The van der Waals surface area contributed by atoms with Crippen molar-refractivity contribution >= 4 is 13.7 Å². The number of nitrogens with zero attached hydrogens (tertiary/aromatic N) is 1. The molecule has 376 valence electrons. The molecule has 0 aromatic heterocycles. The van der Waals surface area contributed by atoms with Crippen LogP contribution in [0.5, 0.6) is 0 Å². The van der Waals surface area contributed by atoms with Crippen LogP contribution in [-0.4, -0.2) is 68.5 Å². The van der Waals surface area contributed by atoms with Gasteiger partial charge >= 0.3 is 0 Å². The van der Waals surface area contributed by atoms with E-state index in [9.17, 15) is 19.4 Å². The van der Waals surface area contributed by atoms with Gasteiger partial charge in [0, 0.05) is 6.42 Å². The lowest BCUT2D eigenvalue weighted by Crippen LogP contribution is -2.45. The predicted molar refractivity (Wildman–Crippen MR) is 279 cm³/mol. The monoisotopic (exact) mass is 929 g/mol. The average Bonchev–Trinajstić information content (AvgIpc) is 3.26. The lowest BCUT2D eigenvalue weighted by molar-refractivity contribution is -0.870. The fourth-order valence-corrected chi connectivity index (χ4v) is 7.92. The number of hydrogen-bond acceptors (Lipinski definition) is 6. The van der Waals surface area contributed by atoms with E-state index in [1.165, 1.54) is 109 Å². The fraction of sp³-hybridized carbons (Fsp3) is 0.732. The van der Waals surface area contributed by atoms with Gasteiger partial charge in [-0.1, -0.05) is 214 Å². The third-order valence-electron chi connectivity index (χ3n) is 11.3. The van der Waals surface area contributed by atoms with Gasteiger partial charge in [-0.2, -0.15) is 0 Å². The molecule has 0 saturated carbocycles. The summed E-state index contributed by atoms with van der Waals surface area (Å²) in [5.74, 6) is -0.217. The SMILES string of the molecule is CC/C=C\C/C=C\C/C=C\C/C=C\C/C=C\CCCCCCCCCCCC(=O)NC(COP(=O)([O-])OCC[N+](C)(C)C)C(O)/C=C/CC/C=C/CCCCCCCCCCCCCC. The number of phosphoric acid groups is 1. The first kappa shape index (κ1) is 62.7. The second kappa shape index (κ2) is 46.8. The molecule has 0 spiro atoms. The zero-order valence-corrected chi connectivity index (χ0v) is 43.6. The van der Waals surface area contributed by atoms with Crippen LogP contribution in [-0.2, 0) is 18.4 Å². The standard InChI is InChI=1S/C56H101N2O6P/c1-6-8-10-12-14-16-18-20-22-24-26-27-28-29-30-31-32-34-36-38-40-42-44-46-48-50-56(60)57-54(53-64-65(61,62)63-52-51-58(3,4)5)55(59)49-47-45-43-41-39-37-35-33-25-23-21-19-17-15-13-11-9-7-2/h8,10,14,16,20,22,26-27,29-30,39,41,47,49,54-55,59H,6-7,9,11-13,15,17-19,21,23-25,28,31-38,40,42-46,48,50-53H2,1-5H3,(H-,57,60,61,62)/b10-8-,16-14-,22-20-,27-26-,30-29-,41-39+,49-47+. The van der Waals surface area contributed by atoms with E-state index in [0.717, 1.165) is 83.5 Å². The summed E-state index contributed by atoms with van der Waals surface area (Å²) in [6.07, 6.45) is 65.0. The maximum atomic E-state index is 12.9. The number of quaternary nitrogens is 1. The van der Waals surface area contributed by atoms with Gasteiger partial charge in [0.1, 0.15) is 13.2 Å². The number of unbranched alkanes of at least 4 members (excludes halogenated alkanes) is 22. The number of aliphatic hydroxyl groups is 1. The van der Waals surface area contributed by atoms with Crippen molar-refractivity contribution in [2.24, 2.45) is 0 Å². The number of allylic oxidation sites excluding steroid dienone is 13. The predicted octanol–water partition coefficient (Wildman–Crippen LogP) is 15.1. The number of phosphoric ester groups is 1. The van der Waals surface area contributed by atoms with Gasteiger partial charge in [0.2, 0.25) is 5.91 Å². The zero-order valence-electron chi connectivity index (χ0n) is 42.7. The van der Waals surface area contributed by atoms with E-state index >= 15 is 0 Å². The van der Waals surface area contributed by atoms with Crippen molar-refractivity contribution < 1.29 is 32.9 Å². The molecule has 0 aliphatic heterocycles. The number of rotatable bonds is 47. The molecule has 65 heavy (non-hydrogen) atoms. The molecule has 0 fully saturated rings. The van der Waals surface area contributed by atoms with Crippen LogP contribution < -0.4 is 10.2 Å². The van der Waals surface area contributed by atoms with Gasteiger partial charge in [-0.3, -0.25) is 9.36 Å². The topological polar surface area (TPSA) is 108 Å². The van der Waals surface area contributed by atoms with Crippen LogP contribution in [0.3, 0.4) is 0 Å². The molecule has 1 amide bonds. The number of aliphatic hydroxyl groups excluding tert-OH is 1. The Bertz CT molecular complexity index is 1330. The molecule has 2 N–H and O–H groups in total. The van der Waals surface area contributed by atoms with Crippen molar-refractivity contribution in [3.8, 4) is 0 Å². The van der Waals surface area contributed by atoms with Crippen molar-refractivity contribution in [2.75, 3.05) is 40.9 Å². The molecule has 3 atom stereocenters. The van der Waals surface area contributed by atoms with Gasteiger partial charge in [-0.15, -0.1) is 0 Å². The lowest BCUT2D eigenvalue weighted by atomic mass is 10.0. The average molecular weight is 929 g/mol. The first-order valence-electron chi connectivity index (χ1n) is 26.4. The highest BCUT2D eigenvalue weighted by Crippen LogP contribution is 2.38. The Morgan fingerprint density at radius 1 is 0.554 bits per heavy atom. The summed E-state index contributed by atoms with van der Waals surface area (Å²) in [6, 6.07) is -0.912. The quantitative estimate of drug-likeness (QED) is 0.0272. The Hall–Kier alpha value is -2.32.